The maximum absolute atomic E-state index is 6.04. The van der Waals surface area contributed by atoms with Gasteiger partial charge in [-0.3, -0.25) is 4.98 Å². The minimum Gasteiger partial charge on any atom is -0.437 e. The number of hydrogen-bond acceptors (Lipinski definition) is 4. The van der Waals surface area contributed by atoms with Gasteiger partial charge in [0.25, 0.3) is 0 Å². The van der Waals surface area contributed by atoms with Gasteiger partial charge < -0.3 is 10.1 Å². The predicted molar refractivity (Wildman–Crippen MR) is 84.8 cm³/mol. The molecule has 1 unspecified atom stereocenters. The van der Waals surface area contributed by atoms with Crippen molar-refractivity contribution < 1.29 is 4.74 Å². The summed E-state index contributed by atoms with van der Waals surface area (Å²) in [4.78, 5) is 8.92. The molecule has 0 spiro atoms. The Bertz CT molecular complexity index is 598. The van der Waals surface area contributed by atoms with Crippen LogP contribution in [-0.4, -0.2) is 16.5 Å². The number of nitrogens with one attached hydrogen (secondary N) is 1. The second-order valence-electron chi connectivity index (χ2n) is 5.03. The second kappa shape index (κ2) is 7.18. The van der Waals surface area contributed by atoms with Gasteiger partial charge in [0.15, 0.2) is 5.75 Å². The van der Waals surface area contributed by atoms with Crippen LogP contribution in [-0.2, 0) is 6.42 Å². The molecule has 0 bridgehead atoms. The molecule has 0 saturated carbocycles. The van der Waals surface area contributed by atoms with Gasteiger partial charge in [0.05, 0.1) is 5.69 Å². The average Bonchev–Trinajstić information content (AvgIpc) is 2.49. The third-order valence-electron chi connectivity index (χ3n) is 3.39. The lowest BCUT2D eigenvalue weighted by Gasteiger charge is -2.17. The molecule has 0 amide bonds. The molecule has 0 saturated heterocycles. The van der Waals surface area contributed by atoms with Gasteiger partial charge in [-0.25, -0.2) is 4.98 Å². The van der Waals surface area contributed by atoms with E-state index in [1.807, 2.05) is 31.2 Å². The summed E-state index contributed by atoms with van der Waals surface area (Å²) in [6.07, 6.45) is 2.59. The molecule has 1 N–H and O–H groups in total. The Kier molecular flexibility index (Phi) is 5.28. The molecule has 0 aromatic carbocycles. The van der Waals surface area contributed by atoms with Crippen LogP contribution in [0.1, 0.15) is 43.8 Å². The normalized spacial score (nSPS) is 12.2. The molecular formula is C17H23N3O. The van der Waals surface area contributed by atoms with Crippen LogP contribution in [0.25, 0.3) is 0 Å². The number of hydrogen-bond donors (Lipinski definition) is 1. The van der Waals surface area contributed by atoms with Crippen molar-refractivity contribution in [1.82, 2.24) is 15.3 Å². The van der Waals surface area contributed by atoms with E-state index in [9.17, 15) is 0 Å². The molecule has 4 nitrogen and oxygen atoms in total. The number of aryl methyl sites for hydroxylation is 2. The zero-order chi connectivity index (χ0) is 15.2. The van der Waals surface area contributed by atoms with Crippen LogP contribution in [0.5, 0.6) is 11.6 Å². The first-order valence-electron chi connectivity index (χ1n) is 7.48. The monoisotopic (exact) mass is 285 g/mol. The van der Waals surface area contributed by atoms with Crippen LogP contribution in [0, 0.1) is 6.92 Å². The highest BCUT2D eigenvalue weighted by molar-refractivity contribution is 5.36. The molecule has 2 rings (SSSR count). The first-order chi connectivity index (χ1) is 10.2. The third kappa shape index (κ3) is 3.79. The molecule has 21 heavy (non-hydrogen) atoms. The van der Waals surface area contributed by atoms with Gasteiger partial charge in [-0.1, -0.05) is 19.9 Å². The highest BCUT2D eigenvalue weighted by atomic mass is 16.5. The summed E-state index contributed by atoms with van der Waals surface area (Å²) in [7, 11) is 0. The van der Waals surface area contributed by atoms with Gasteiger partial charge in [-0.2, -0.15) is 0 Å². The van der Waals surface area contributed by atoms with Gasteiger partial charge in [-0.05, 0) is 45.0 Å². The van der Waals surface area contributed by atoms with Gasteiger partial charge in [0.2, 0.25) is 5.88 Å². The Morgan fingerprint density at radius 1 is 1.24 bits per heavy atom. The van der Waals surface area contributed by atoms with Crippen LogP contribution in [0.3, 0.4) is 0 Å². The Balaban J connectivity index is 2.31. The fourth-order valence-electron chi connectivity index (χ4n) is 2.28. The maximum Gasteiger partial charge on any atom is 0.224 e. The van der Waals surface area contributed by atoms with Crippen molar-refractivity contribution in [1.29, 1.82) is 0 Å². The van der Waals surface area contributed by atoms with Crippen LogP contribution in [0.2, 0.25) is 0 Å². The van der Waals surface area contributed by atoms with E-state index in [0.717, 1.165) is 35.7 Å². The lowest BCUT2D eigenvalue weighted by Crippen LogP contribution is -2.18. The fourth-order valence-corrected chi connectivity index (χ4v) is 2.28. The predicted octanol–water partition coefficient (Wildman–Crippen LogP) is 3.81. The molecule has 4 heteroatoms. The highest BCUT2D eigenvalue weighted by Crippen LogP contribution is 2.29. The average molecular weight is 285 g/mol. The molecule has 0 aliphatic heterocycles. The first-order valence-corrected chi connectivity index (χ1v) is 7.48. The minimum atomic E-state index is 0.196. The Morgan fingerprint density at radius 3 is 2.76 bits per heavy atom. The number of ether oxygens (including phenoxy) is 1. The Morgan fingerprint density at radius 2 is 2.05 bits per heavy atom. The minimum absolute atomic E-state index is 0.196. The SMILES string of the molecule is CCNC(C)c1cccnc1Oc1ccc(C)nc1CC. The van der Waals surface area contributed by atoms with E-state index in [-0.39, 0.29) is 6.04 Å². The van der Waals surface area contributed by atoms with E-state index in [1.54, 1.807) is 6.20 Å². The van der Waals surface area contributed by atoms with Gasteiger partial charge in [0, 0.05) is 23.5 Å². The molecule has 2 aromatic heterocycles. The van der Waals surface area contributed by atoms with Gasteiger partial charge >= 0.3 is 0 Å². The summed E-state index contributed by atoms with van der Waals surface area (Å²) in [5.41, 5.74) is 3.02. The van der Waals surface area contributed by atoms with Crippen LogP contribution >= 0.6 is 0 Å². The number of nitrogens with zero attached hydrogens (tertiary/aromatic N) is 2. The van der Waals surface area contributed by atoms with Crippen LogP contribution in [0.15, 0.2) is 30.5 Å². The van der Waals surface area contributed by atoms with Crippen LogP contribution in [0.4, 0.5) is 0 Å². The number of pyridine rings is 2. The smallest absolute Gasteiger partial charge is 0.224 e. The van der Waals surface area contributed by atoms with Gasteiger partial charge in [0.1, 0.15) is 0 Å². The summed E-state index contributed by atoms with van der Waals surface area (Å²) < 4.78 is 6.04. The van der Waals surface area contributed by atoms with Crippen molar-refractivity contribution >= 4 is 0 Å². The summed E-state index contributed by atoms with van der Waals surface area (Å²) in [5, 5.41) is 3.39. The molecule has 0 aliphatic carbocycles. The van der Waals surface area contributed by atoms with Gasteiger partial charge in [-0.15, -0.1) is 0 Å². The summed E-state index contributed by atoms with van der Waals surface area (Å²) in [6, 6.07) is 8.11. The topological polar surface area (TPSA) is 47.0 Å². The second-order valence-corrected chi connectivity index (χ2v) is 5.03. The van der Waals surface area contributed by atoms with E-state index in [0.29, 0.717) is 5.88 Å². The Hall–Kier alpha value is -1.94. The molecular weight excluding hydrogens is 262 g/mol. The van der Waals surface area contributed by atoms with E-state index in [4.69, 9.17) is 4.74 Å². The molecule has 2 heterocycles. The standard InChI is InChI=1S/C17H23N3O/c1-5-15-16(10-9-12(3)20-15)21-17-14(8-7-11-19-17)13(4)18-6-2/h7-11,13,18H,5-6H2,1-4H3. The van der Waals surface area contributed by atoms with E-state index >= 15 is 0 Å². The summed E-state index contributed by atoms with van der Waals surface area (Å²) in [5.74, 6) is 1.43. The van der Waals surface area contributed by atoms with E-state index in [2.05, 4.69) is 36.1 Å². The lowest BCUT2D eigenvalue weighted by molar-refractivity contribution is 0.436. The molecule has 1 atom stereocenters. The Labute approximate surface area is 126 Å². The van der Waals surface area contributed by atoms with Crippen molar-refractivity contribution in [3.63, 3.8) is 0 Å². The zero-order valence-electron chi connectivity index (χ0n) is 13.2. The highest BCUT2D eigenvalue weighted by Gasteiger charge is 2.14. The van der Waals surface area contributed by atoms with Crippen molar-refractivity contribution in [2.24, 2.45) is 0 Å². The lowest BCUT2D eigenvalue weighted by atomic mass is 10.1. The third-order valence-corrected chi connectivity index (χ3v) is 3.39. The molecule has 0 aliphatic rings. The van der Waals surface area contributed by atoms with Crippen molar-refractivity contribution in [3.8, 4) is 11.6 Å². The first kappa shape index (κ1) is 15.4. The molecule has 0 radical (unpaired) electrons. The molecule has 2 aromatic rings. The molecule has 112 valence electrons. The summed E-state index contributed by atoms with van der Waals surface area (Å²) in [6.45, 7) is 9.17. The number of rotatable bonds is 6. The van der Waals surface area contributed by atoms with Crippen molar-refractivity contribution in [2.75, 3.05) is 6.54 Å². The van der Waals surface area contributed by atoms with E-state index < -0.39 is 0 Å². The van der Waals surface area contributed by atoms with E-state index in [1.165, 1.54) is 0 Å². The largest absolute Gasteiger partial charge is 0.437 e. The maximum atomic E-state index is 6.04. The zero-order valence-corrected chi connectivity index (χ0v) is 13.2. The molecule has 0 fully saturated rings. The number of aromatic nitrogens is 2. The summed E-state index contributed by atoms with van der Waals surface area (Å²) >= 11 is 0. The van der Waals surface area contributed by atoms with Crippen molar-refractivity contribution in [2.45, 2.75) is 40.2 Å². The van der Waals surface area contributed by atoms with Crippen LogP contribution < -0.4 is 10.1 Å². The van der Waals surface area contributed by atoms with Crippen molar-refractivity contribution in [3.05, 3.63) is 47.4 Å². The quantitative estimate of drug-likeness (QED) is 0.876. The fraction of sp³-hybridized carbons (Fsp3) is 0.412.